The molecule has 1 aromatic heterocycles. The van der Waals surface area contributed by atoms with Crippen LogP contribution < -0.4 is 0 Å². The first kappa shape index (κ1) is 35.4. The number of benzene rings is 3. The molecule has 0 atom stereocenters. The molecule has 0 spiro atoms. The van der Waals surface area contributed by atoms with Gasteiger partial charge in [-0.2, -0.15) is 0 Å². The summed E-state index contributed by atoms with van der Waals surface area (Å²) in [6.45, 7) is 22.7. The van der Waals surface area contributed by atoms with E-state index in [-0.39, 0.29) is 47.9 Å². The fourth-order valence-corrected chi connectivity index (χ4v) is 4.79. The number of hydrogen-bond acceptors (Lipinski definition) is 3. The number of ketones is 1. The molecule has 42 heavy (non-hydrogen) atoms. The van der Waals surface area contributed by atoms with Crippen molar-refractivity contribution in [1.82, 2.24) is 4.98 Å². The van der Waals surface area contributed by atoms with E-state index >= 15 is 0 Å². The molecular formula is C38H48IrNO2-. The maximum Gasteiger partial charge on any atom is 0.164 e. The van der Waals surface area contributed by atoms with Gasteiger partial charge in [-0.15, -0.1) is 34.9 Å². The Kier molecular flexibility index (Phi) is 11.5. The van der Waals surface area contributed by atoms with Crippen molar-refractivity contribution in [3.63, 3.8) is 0 Å². The van der Waals surface area contributed by atoms with Gasteiger partial charge in [-0.05, 0) is 57.1 Å². The van der Waals surface area contributed by atoms with Gasteiger partial charge in [0, 0.05) is 43.2 Å². The Morgan fingerprint density at radius 1 is 0.881 bits per heavy atom. The van der Waals surface area contributed by atoms with Gasteiger partial charge in [0.05, 0.1) is 0 Å². The molecule has 0 aliphatic heterocycles. The van der Waals surface area contributed by atoms with Crippen LogP contribution in [0.5, 0.6) is 0 Å². The van der Waals surface area contributed by atoms with Crippen molar-refractivity contribution in [1.29, 1.82) is 0 Å². The topological polar surface area (TPSA) is 50.2 Å². The molecule has 1 heterocycles. The third kappa shape index (κ3) is 7.97. The fraction of sp³-hybridized carbons (Fsp3) is 0.421. The van der Waals surface area contributed by atoms with Crippen molar-refractivity contribution in [2.75, 3.05) is 0 Å². The summed E-state index contributed by atoms with van der Waals surface area (Å²) in [6, 6.07) is 21.1. The number of pyridine rings is 1. The van der Waals surface area contributed by atoms with E-state index in [1.807, 2.05) is 47.7 Å². The molecule has 0 bridgehead atoms. The predicted octanol–water partition coefficient (Wildman–Crippen LogP) is 10.6. The molecule has 4 heteroatoms. The van der Waals surface area contributed by atoms with E-state index in [9.17, 15) is 9.90 Å². The molecule has 0 unspecified atom stereocenters. The first-order valence-electron chi connectivity index (χ1n) is 14.8. The smallest absolute Gasteiger partial charge is 0.164 e. The summed E-state index contributed by atoms with van der Waals surface area (Å²) in [6.07, 6.45) is 4.90. The van der Waals surface area contributed by atoms with Gasteiger partial charge in [0.15, 0.2) is 5.78 Å². The molecule has 4 rings (SSSR count). The van der Waals surface area contributed by atoms with Crippen molar-refractivity contribution in [3.8, 4) is 11.3 Å². The van der Waals surface area contributed by atoms with Crippen molar-refractivity contribution in [2.24, 2.45) is 10.8 Å². The van der Waals surface area contributed by atoms with Crippen LogP contribution in [0.1, 0.15) is 91.8 Å². The number of hydrogen-bond donors (Lipinski definition) is 1. The van der Waals surface area contributed by atoms with E-state index in [2.05, 4.69) is 89.2 Å². The van der Waals surface area contributed by atoms with Crippen LogP contribution in [0.2, 0.25) is 0 Å². The monoisotopic (exact) mass is 743 g/mol. The largest absolute Gasteiger partial charge is 0.512 e. The number of carbonyl (C=O) groups is 1. The maximum atomic E-state index is 11.8. The van der Waals surface area contributed by atoms with E-state index in [0.717, 1.165) is 29.7 Å². The minimum Gasteiger partial charge on any atom is -0.512 e. The summed E-state index contributed by atoms with van der Waals surface area (Å²) in [5.41, 5.74) is 5.27. The van der Waals surface area contributed by atoms with Crippen LogP contribution in [0.4, 0.5) is 0 Å². The van der Waals surface area contributed by atoms with Crippen LogP contribution in [-0.2, 0) is 30.3 Å². The quantitative estimate of drug-likeness (QED) is 0.0926. The van der Waals surface area contributed by atoms with Gasteiger partial charge in [-0.3, -0.25) is 4.79 Å². The second-order valence-electron chi connectivity index (χ2n) is 13.6. The van der Waals surface area contributed by atoms with Crippen molar-refractivity contribution in [3.05, 3.63) is 89.3 Å². The standard InChI is InChI=1S/C25H24N.C13H24O2.Ir/c1-16-13-17(2)15-19(14-16)24-23-18(11-12-26-24)9-10-20-21(23)7-6-8-22(20)25(3,4)5;1-7-12(3,4)10(14)9-11(15)13(5,6)8-2;/h6-14H,1-5H3;9,14H,7-8H2,1-6H3;/q-1;;/b;10-9-;. The number of aryl methyl sites for hydroxylation is 2. The summed E-state index contributed by atoms with van der Waals surface area (Å²) in [5.74, 6) is 0.195. The second kappa shape index (κ2) is 13.7. The van der Waals surface area contributed by atoms with Crippen molar-refractivity contribution >= 4 is 27.3 Å². The number of nitrogens with zero attached hydrogens (tertiary/aromatic N) is 1. The average Bonchev–Trinajstić information content (AvgIpc) is 2.91. The van der Waals surface area contributed by atoms with Gasteiger partial charge in [0.1, 0.15) is 5.76 Å². The first-order chi connectivity index (χ1) is 19.0. The zero-order valence-corrected chi connectivity index (χ0v) is 29.7. The molecule has 1 N–H and O–H groups in total. The molecule has 227 valence electrons. The van der Waals surface area contributed by atoms with Crippen molar-refractivity contribution < 1.29 is 30.0 Å². The molecule has 0 aliphatic carbocycles. The number of aliphatic hydroxyl groups is 1. The molecule has 4 aromatic rings. The summed E-state index contributed by atoms with van der Waals surface area (Å²) < 4.78 is 0. The van der Waals surface area contributed by atoms with Gasteiger partial charge >= 0.3 is 0 Å². The molecule has 3 nitrogen and oxygen atoms in total. The van der Waals surface area contributed by atoms with Crippen LogP contribution >= 0.6 is 0 Å². The minimum atomic E-state index is -0.377. The summed E-state index contributed by atoms with van der Waals surface area (Å²) in [4.78, 5) is 16.6. The van der Waals surface area contributed by atoms with Crippen molar-refractivity contribution in [2.45, 2.75) is 94.4 Å². The number of allylic oxidation sites excluding steroid dienone is 2. The molecule has 0 saturated heterocycles. The first-order valence-corrected chi connectivity index (χ1v) is 14.8. The van der Waals surface area contributed by atoms with Crippen LogP contribution in [-0.4, -0.2) is 15.9 Å². The number of rotatable bonds is 6. The molecule has 0 saturated carbocycles. The van der Waals surface area contributed by atoms with Gasteiger partial charge in [0.25, 0.3) is 0 Å². The van der Waals surface area contributed by atoms with Crippen LogP contribution in [0.15, 0.2) is 66.6 Å². The fourth-order valence-electron chi connectivity index (χ4n) is 4.79. The Balaban J connectivity index is 0.000000334. The van der Waals surface area contributed by atoms with Crippen LogP contribution in [0.3, 0.4) is 0 Å². The molecule has 0 amide bonds. The normalized spacial score (nSPS) is 12.5. The third-order valence-corrected chi connectivity index (χ3v) is 8.40. The number of fused-ring (bicyclic) bond motifs is 3. The second-order valence-corrected chi connectivity index (χ2v) is 13.6. The van der Waals surface area contributed by atoms with Gasteiger partial charge in [-0.1, -0.05) is 106 Å². The summed E-state index contributed by atoms with van der Waals surface area (Å²) in [7, 11) is 0. The number of aliphatic hydroxyl groups excluding tert-OH is 1. The van der Waals surface area contributed by atoms with Gasteiger partial charge in [-0.25, -0.2) is 0 Å². The Hall–Kier alpha value is -2.81. The maximum absolute atomic E-state index is 11.8. The van der Waals surface area contributed by atoms with Crippen LogP contribution in [0, 0.1) is 30.7 Å². The summed E-state index contributed by atoms with van der Waals surface area (Å²) in [5, 5.41) is 14.9. The Bertz CT molecular complexity index is 1570. The molecule has 0 aliphatic rings. The summed E-state index contributed by atoms with van der Waals surface area (Å²) >= 11 is 0. The SMILES string of the molecule is CCC(C)(C)C(=O)/C=C(\O)C(C)(C)CC.Cc1[c-]c(-c2nccc3ccc4c(C(C)(C)C)cccc4c23)cc(C)c1.[Ir]. The van der Waals surface area contributed by atoms with E-state index < -0.39 is 0 Å². The predicted molar refractivity (Wildman–Crippen MR) is 176 cm³/mol. The Morgan fingerprint density at radius 3 is 2.10 bits per heavy atom. The minimum absolute atomic E-state index is 0. The van der Waals surface area contributed by atoms with E-state index in [1.165, 1.54) is 38.7 Å². The Labute approximate surface area is 267 Å². The molecule has 3 aromatic carbocycles. The molecule has 0 fully saturated rings. The Morgan fingerprint density at radius 2 is 1.52 bits per heavy atom. The average molecular weight is 743 g/mol. The van der Waals surface area contributed by atoms with Gasteiger partial charge in [0.2, 0.25) is 0 Å². The van der Waals surface area contributed by atoms with Gasteiger partial charge < -0.3 is 10.1 Å². The number of aromatic nitrogens is 1. The molecular weight excluding hydrogens is 695 g/mol. The zero-order chi connectivity index (χ0) is 30.8. The third-order valence-electron chi connectivity index (χ3n) is 8.40. The van der Waals surface area contributed by atoms with E-state index in [0.29, 0.717) is 0 Å². The molecule has 1 radical (unpaired) electrons. The number of carbonyl (C=O) groups excluding carboxylic acids is 1. The van der Waals surface area contributed by atoms with E-state index in [4.69, 9.17) is 4.98 Å². The van der Waals surface area contributed by atoms with E-state index in [1.54, 1.807) is 0 Å². The van der Waals surface area contributed by atoms with Crippen LogP contribution in [0.25, 0.3) is 32.8 Å². The zero-order valence-electron chi connectivity index (χ0n) is 27.3.